The van der Waals surface area contributed by atoms with Gasteiger partial charge < -0.3 is 4.90 Å². The number of anilines is 2. The van der Waals surface area contributed by atoms with Gasteiger partial charge in [-0.25, -0.2) is 9.88 Å². The average Bonchev–Trinajstić information content (AvgIpc) is 2.98. The number of amides is 2. The standard InChI is InChI=1S/C19H19IN4O2/c20-14-4-6-15(7-5-14)24-18(25)13-16(19(24)26)22-9-11-23(12-10-22)17-3-1-2-8-21-17/h1-8,16H,9-13H2/p+2/t16-/m1/s1. The Morgan fingerprint density at radius 2 is 1.77 bits per heavy atom. The fraction of sp³-hybridized carbons (Fsp3) is 0.316. The molecule has 26 heavy (non-hydrogen) atoms. The molecule has 0 radical (unpaired) electrons. The number of piperazine rings is 1. The van der Waals surface area contributed by atoms with Crippen molar-refractivity contribution in [2.24, 2.45) is 0 Å². The number of nitrogens with one attached hydrogen (secondary N) is 2. The average molecular weight is 464 g/mol. The Morgan fingerprint density at radius 1 is 1.04 bits per heavy atom. The molecule has 134 valence electrons. The number of imide groups is 1. The molecule has 1 aromatic carbocycles. The molecular weight excluding hydrogens is 443 g/mol. The van der Waals surface area contributed by atoms with Gasteiger partial charge in [-0.05, 0) is 52.9 Å². The molecule has 0 spiro atoms. The van der Waals surface area contributed by atoms with Crippen molar-refractivity contribution in [1.82, 2.24) is 0 Å². The van der Waals surface area contributed by atoms with E-state index in [0.29, 0.717) is 12.1 Å². The lowest BCUT2D eigenvalue weighted by molar-refractivity contribution is -0.915. The molecule has 2 aliphatic rings. The first kappa shape index (κ1) is 17.4. The maximum atomic E-state index is 12.9. The van der Waals surface area contributed by atoms with E-state index in [9.17, 15) is 9.59 Å². The summed E-state index contributed by atoms with van der Waals surface area (Å²) in [5.41, 5.74) is 0.680. The van der Waals surface area contributed by atoms with Crippen LogP contribution in [0.15, 0.2) is 48.7 Å². The predicted molar refractivity (Wildman–Crippen MR) is 106 cm³/mol. The molecule has 0 bridgehead atoms. The molecule has 2 aromatic rings. The van der Waals surface area contributed by atoms with Crippen molar-refractivity contribution in [3.8, 4) is 0 Å². The number of pyridine rings is 1. The highest BCUT2D eigenvalue weighted by atomic mass is 127. The molecule has 0 aliphatic carbocycles. The van der Waals surface area contributed by atoms with E-state index in [1.165, 1.54) is 9.80 Å². The van der Waals surface area contributed by atoms with E-state index in [2.05, 4.69) is 38.5 Å². The van der Waals surface area contributed by atoms with Crippen LogP contribution in [-0.2, 0) is 9.59 Å². The number of carbonyl (C=O) groups is 2. The first-order chi connectivity index (χ1) is 12.6. The largest absolute Gasteiger partial charge is 0.318 e. The van der Waals surface area contributed by atoms with Gasteiger partial charge in [0.25, 0.3) is 11.7 Å². The van der Waals surface area contributed by atoms with E-state index >= 15 is 0 Å². The number of hydrogen-bond acceptors (Lipinski definition) is 3. The second-order valence-electron chi connectivity index (χ2n) is 6.69. The van der Waals surface area contributed by atoms with Crippen LogP contribution in [0.2, 0.25) is 0 Å². The molecule has 6 nitrogen and oxygen atoms in total. The highest BCUT2D eigenvalue weighted by Crippen LogP contribution is 2.23. The van der Waals surface area contributed by atoms with Gasteiger partial charge in [0.15, 0.2) is 6.04 Å². The number of H-pyrrole nitrogens is 1. The highest BCUT2D eigenvalue weighted by Gasteiger charge is 2.47. The molecule has 2 aliphatic heterocycles. The van der Waals surface area contributed by atoms with Gasteiger partial charge in [0.1, 0.15) is 26.2 Å². The van der Waals surface area contributed by atoms with Gasteiger partial charge in [0.05, 0.1) is 18.3 Å². The number of hydrogen-bond donors (Lipinski definition) is 1. The van der Waals surface area contributed by atoms with Gasteiger partial charge in [0, 0.05) is 9.64 Å². The van der Waals surface area contributed by atoms with Crippen molar-refractivity contribution in [3.63, 3.8) is 0 Å². The smallest absolute Gasteiger partial charge is 0.292 e. The van der Waals surface area contributed by atoms with Crippen molar-refractivity contribution in [2.75, 3.05) is 36.0 Å². The zero-order chi connectivity index (χ0) is 18.1. The third kappa shape index (κ3) is 3.33. The van der Waals surface area contributed by atoms with Crippen LogP contribution in [0.3, 0.4) is 0 Å². The number of quaternary nitrogens is 1. The second kappa shape index (κ2) is 7.32. The molecule has 7 heteroatoms. The van der Waals surface area contributed by atoms with Crippen LogP contribution in [0.5, 0.6) is 0 Å². The van der Waals surface area contributed by atoms with Crippen LogP contribution in [0.1, 0.15) is 6.42 Å². The van der Waals surface area contributed by atoms with Crippen molar-refractivity contribution < 1.29 is 19.5 Å². The van der Waals surface area contributed by atoms with Crippen molar-refractivity contribution >= 4 is 45.9 Å². The number of carbonyl (C=O) groups excluding carboxylic acids is 2. The normalized spacial score (nSPS) is 21.5. The minimum Gasteiger partial charge on any atom is -0.318 e. The number of aromatic nitrogens is 1. The minimum atomic E-state index is -0.260. The monoisotopic (exact) mass is 464 g/mol. The molecule has 1 atom stereocenters. The number of halogens is 1. The Labute approximate surface area is 165 Å². The molecular formula is C19H21IN4O2+2. The Morgan fingerprint density at radius 3 is 2.42 bits per heavy atom. The maximum absolute atomic E-state index is 12.9. The van der Waals surface area contributed by atoms with Gasteiger partial charge in [-0.1, -0.05) is 6.07 Å². The highest BCUT2D eigenvalue weighted by molar-refractivity contribution is 14.1. The quantitative estimate of drug-likeness (QED) is 0.520. The van der Waals surface area contributed by atoms with Crippen molar-refractivity contribution in [1.29, 1.82) is 0 Å². The van der Waals surface area contributed by atoms with Crippen LogP contribution < -0.4 is 19.7 Å². The molecule has 0 saturated carbocycles. The first-order valence-electron chi connectivity index (χ1n) is 8.82. The number of rotatable bonds is 3. The van der Waals surface area contributed by atoms with E-state index < -0.39 is 0 Å². The van der Waals surface area contributed by atoms with E-state index in [1.807, 2.05) is 42.6 Å². The van der Waals surface area contributed by atoms with Gasteiger partial charge in [-0.2, -0.15) is 0 Å². The molecule has 2 N–H and O–H groups in total. The van der Waals surface area contributed by atoms with E-state index in [-0.39, 0.29) is 17.9 Å². The fourth-order valence-electron chi connectivity index (χ4n) is 3.78. The van der Waals surface area contributed by atoms with Gasteiger partial charge in [-0.15, -0.1) is 0 Å². The SMILES string of the molecule is O=C1C[C@@H]([NH+]2CCN(c3cccc[nH+]3)CC2)C(=O)N1c1ccc(I)cc1. The van der Waals surface area contributed by atoms with Crippen molar-refractivity contribution in [3.05, 3.63) is 52.2 Å². The number of benzene rings is 1. The minimum absolute atomic E-state index is 0.0640. The van der Waals surface area contributed by atoms with Gasteiger partial charge >= 0.3 is 0 Å². The molecule has 0 unspecified atom stereocenters. The molecule has 3 heterocycles. The zero-order valence-electron chi connectivity index (χ0n) is 14.3. The number of aromatic amines is 1. The van der Waals surface area contributed by atoms with E-state index in [1.54, 1.807) is 0 Å². The topological polar surface area (TPSA) is 59.2 Å². The fourth-order valence-corrected chi connectivity index (χ4v) is 4.14. The Kier molecular flexibility index (Phi) is 4.90. The summed E-state index contributed by atoms with van der Waals surface area (Å²) in [5.74, 6) is 0.944. The zero-order valence-corrected chi connectivity index (χ0v) is 16.5. The maximum Gasteiger partial charge on any atom is 0.292 e. The van der Waals surface area contributed by atoms with Crippen LogP contribution in [0, 0.1) is 3.57 Å². The van der Waals surface area contributed by atoms with Crippen molar-refractivity contribution in [2.45, 2.75) is 12.5 Å². The lowest BCUT2D eigenvalue weighted by Crippen LogP contribution is -3.19. The van der Waals surface area contributed by atoms with E-state index in [4.69, 9.17) is 0 Å². The van der Waals surface area contributed by atoms with Crippen LogP contribution in [0.25, 0.3) is 0 Å². The summed E-state index contributed by atoms with van der Waals surface area (Å²) in [6.45, 7) is 3.45. The van der Waals surface area contributed by atoms with Gasteiger partial charge in [-0.3, -0.25) is 14.5 Å². The lowest BCUT2D eigenvalue weighted by atomic mass is 10.1. The summed E-state index contributed by atoms with van der Waals surface area (Å²) >= 11 is 2.22. The van der Waals surface area contributed by atoms with Crippen LogP contribution in [0.4, 0.5) is 11.5 Å². The Bertz CT molecular complexity index is 804. The molecule has 2 fully saturated rings. The second-order valence-corrected chi connectivity index (χ2v) is 7.94. The summed E-state index contributed by atoms with van der Waals surface area (Å²) in [7, 11) is 0. The Balaban J connectivity index is 1.44. The first-order valence-corrected chi connectivity index (χ1v) is 9.90. The van der Waals surface area contributed by atoms with Crippen LogP contribution in [-0.4, -0.2) is 44.0 Å². The molecule has 4 rings (SSSR count). The van der Waals surface area contributed by atoms with Gasteiger partial charge in [0.2, 0.25) is 5.91 Å². The third-order valence-electron chi connectivity index (χ3n) is 5.16. The van der Waals surface area contributed by atoms with Crippen LogP contribution >= 0.6 is 22.6 Å². The summed E-state index contributed by atoms with van der Waals surface area (Å²) in [4.78, 5) is 33.5. The van der Waals surface area contributed by atoms with E-state index in [0.717, 1.165) is 35.6 Å². The number of nitrogens with zero attached hydrogens (tertiary/aromatic N) is 2. The molecule has 2 amide bonds. The predicted octanol–water partition coefficient (Wildman–Crippen LogP) is 0.142. The summed E-state index contributed by atoms with van der Waals surface area (Å²) in [6, 6.07) is 13.3. The lowest BCUT2D eigenvalue weighted by Gasteiger charge is -2.31. The molecule has 2 saturated heterocycles. The summed E-state index contributed by atoms with van der Waals surface area (Å²) in [5, 5.41) is 0. The Hall–Kier alpha value is -2.00. The summed E-state index contributed by atoms with van der Waals surface area (Å²) in [6.07, 6.45) is 2.23. The summed E-state index contributed by atoms with van der Waals surface area (Å²) < 4.78 is 1.08. The molecule has 1 aromatic heterocycles. The third-order valence-corrected chi connectivity index (χ3v) is 5.88.